The van der Waals surface area contributed by atoms with Gasteiger partial charge in [-0.25, -0.2) is 0 Å². The van der Waals surface area contributed by atoms with Gasteiger partial charge in [0.05, 0.1) is 42.7 Å². The number of rotatable bonds is 6. The Hall–Kier alpha value is -3.96. The summed E-state index contributed by atoms with van der Waals surface area (Å²) < 4.78 is 29.5. The molecule has 0 unspecified atom stereocenters. The zero-order chi connectivity index (χ0) is 29.9. The van der Waals surface area contributed by atoms with E-state index in [2.05, 4.69) is 0 Å². The SMILES string of the molecule is COC(=O)C1(C(=O)OC)C/C=C/C=C/C(C(=O)OC)(C(=O)OC)C(C(=O)OC)(C(=O)OC)CC/C(C)=C\CC1. The van der Waals surface area contributed by atoms with Crippen LogP contribution in [-0.2, 0) is 57.2 Å². The first-order valence-corrected chi connectivity index (χ1v) is 12.0. The van der Waals surface area contributed by atoms with E-state index >= 15 is 0 Å². The van der Waals surface area contributed by atoms with E-state index in [1.807, 2.05) is 0 Å². The highest BCUT2D eigenvalue weighted by atomic mass is 16.6. The van der Waals surface area contributed by atoms with Crippen LogP contribution in [-0.4, -0.2) is 78.5 Å². The van der Waals surface area contributed by atoms with Gasteiger partial charge in [0.1, 0.15) is 0 Å². The van der Waals surface area contributed by atoms with E-state index in [0.29, 0.717) is 5.57 Å². The largest absolute Gasteiger partial charge is 0.468 e. The van der Waals surface area contributed by atoms with Crippen molar-refractivity contribution in [2.75, 3.05) is 42.7 Å². The Morgan fingerprint density at radius 1 is 0.641 bits per heavy atom. The monoisotopic (exact) mass is 552 g/mol. The second-order valence-electron chi connectivity index (χ2n) is 8.83. The van der Waals surface area contributed by atoms with E-state index in [-0.39, 0.29) is 25.7 Å². The minimum atomic E-state index is -2.67. The predicted molar refractivity (Wildman–Crippen MR) is 135 cm³/mol. The van der Waals surface area contributed by atoms with Crippen LogP contribution >= 0.6 is 0 Å². The van der Waals surface area contributed by atoms with Crippen molar-refractivity contribution < 1.29 is 57.2 Å². The molecule has 0 atom stereocenters. The van der Waals surface area contributed by atoms with Crippen LogP contribution < -0.4 is 0 Å². The minimum Gasteiger partial charge on any atom is -0.468 e. The molecule has 0 aliphatic heterocycles. The number of carbonyl (C=O) groups excluding carboxylic acids is 6. The minimum absolute atomic E-state index is 0.00688. The van der Waals surface area contributed by atoms with E-state index in [9.17, 15) is 28.8 Å². The lowest BCUT2D eigenvalue weighted by molar-refractivity contribution is -0.195. The highest BCUT2D eigenvalue weighted by Crippen LogP contribution is 2.49. The van der Waals surface area contributed by atoms with Gasteiger partial charge in [-0.15, -0.1) is 0 Å². The summed E-state index contributed by atoms with van der Waals surface area (Å²) in [4.78, 5) is 79.0. The van der Waals surface area contributed by atoms with E-state index in [4.69, 9.17) is 28.4 Å². The third kappa shape index (κ3) is 6.04. The van der Waals surface area contributed by atoms with E-state index in [1.165, 1.54) is 18.2 Å². The molecule has 0 aromatic heterocycles. The summed E-state index contributed by atoms with van der Waals surface area (Å²) in [6.07, 6.45) is 6.28. The molecule has 0 bridgehead atoms. The predicted octanol–water partition coefficient (Wildman–Crippen LogP) is 2.01. The maximum Gasteiger partial charge on any atom is 0.329 e. The summed E-state index contributed by atoms with van der Waals surface area (Å²) in [5.41, 5.74) is -6.27. The summed E-state index contributed by atoms with van der Waals surface area (Å²) in [5.74, 6) is -6.57. The van der Waals surface area contributed by atoms with Crippen LogP contribution in [0.2, 0.25) is 0 Å². The Kier molecular flexibility index (Phi) is 12.1. The van der Waals surface area contributed by atoms with Crippen molar-refractivity contribution in [2.45, 2.75) is 39.0 Å². The average Bonchev–Trinajstić information content (AvgIpc) is 2.96. The lowest BCUT2D eigenvalue weighted by Crippen LogP contribution is -2.61. The molecular formula is C27H36O12. The van der Waals surface area contributed by atoms with Crippen LogP contribution in [0, 0.1) is 16.2 Å². The first-order chi connectivity index (χ1) is 18.4. The molecule has 0 radical (unpaired) electrons. The molecule has 0 fully saturated rings. The number of hydrogen-bond donors (Lipinski definition) is 0. The van der Waals surface area contributed by atoms with Crippen molar-refractivity contribution >= 4 is 35.8 Å². The molecule has 0 aromatic rings. The van der Waals surface area contributed by atoms with Gasteiger partial charge in [0.2, 0.25) is 5.41 Å². The fourth-order valence-electron chi connectivity index (χ4n) is 4.73. The van der Waals surface area contributed by atoms with Crippen molar-refractivity contribution in [2.24, 2.45) is 16.2 Å². The van der Waals surface area contributed by atoms with Gasteiger partial charge in [0, 0.05) is 0 Å². The number of ether oxygens (including phenoxy) is 6. The molecule has 0 heterocycles. The third-order valence-corrected chi connectivity index (χ3v) is 6.93. The number of methoxy groups -OCH3 is 6. The zero-order valence-corrected chi connectivity index (χ0v) is 23.3. The van der Waals surface area contributed by atoms with Crippen LogP contribution in [0.1, 0.15) is 39.0 Å². The Labute approximate surface area is 227 Å². The van der Waals surface area contributed by atoms with Gasteiger partial charge in [-0.3, -0.25) is 28.8 Å². The van der Waals surface area contributed by atoms with Crippen molar-refractivity contribution in [1.29, 1.82) is 0 Å². The number of esters is 6. The Balaban J connectivity index is 4.10. The van der Waals surface area contributed by atoms with Gasteiger partial charge in [-0.1, -0.05) is 36.0 Å². The second kappa shape index (κ2) is 14.3. The van der Waals surface area contributed by atoms with E-state index < -0.39 is 58.5 Å². The van der Waals surface area contributed by atoms with E-state index in [0.717, 1.165) is 48.7 Å². The Morgan fingerprint density at radius 2 is 1.10 bits per heavy atom. The summed E-state index contributed by atoms with van der Waals surface area (Å²) in [6.45, 7) is 1.68. The quantitative estimate of drug-likeness (QED) is 0.205. The van der Waals surface area contributed by atoms with Crippen molar-refractivity contribution in [3.05, 3.63) is 36.0 Å². The normalized spacial score (nSPS) is 21.3. The first kappa shape index (κ1) is 33.1. The average molecular weight is 553 g/mol. The highest BCUT2D eigenvalue weighted by molar-refractivity contribution is 6.16. The van der Waals surface area contributed by atoms with Crippen LogP contribution in [0.5, 0.6) is 0 Å². The number of carbonyl (C=O) groups is 6. The third-order valence-electron chi connectivity index (χ3n) is 6.93. The van der Waals surface area contributed by atoms with Gasteiger partial charge in [-0.2, -0.15) is 0 Å². The fraction of sp³-hybridized carbons (Fsp3) is 0.556. The zero-order valence-electron chi connectivity index (χ0n) is 23.3. The van der Waals surface area contributed by atoms with Gasteiger partial charge in [0.25, 0.3) is 0 Å². The van der Waals surface area contributed by atoms with Crippen molar-refractivity contribution in [1.82, 2.24) is 0 Å². The molecular weight excluding hydrogens is 516 g/mol. The van der Waals surface area contributed by atoms with Crippen LogP contribution in [0.25, 0.3) is 0 Å². The van der Waals surface area contributed by atoms with E-state index in [1.54, 1.807) is 13.0 Å². The Morgan fingerprint density at radius 3 is 1.54 bits per heavy atom. The summed E-state index contributed by atoms with van der Waals surface area (Å²) in [5, 5.41) is 0. The standard InChI is InChI=1S/C27H36O12/c1-18-12-11-15-25(19(28)34-2,20(29)35-3)14-9-8-10-16-26(21(30)36-4,22(31)37-5)27(17-13-18,23(32)38-6)24(33)39-7/h8-10,12,16H,11,13-15,17H2,1-7H3/b9-8+,16-10+,18-12-. The molecule has 12 heteroatoms. The second-order valence-corrected chi connectivity index (χ2v) is 8.83. The molecule has 1 aliphatic carbocycles. The van der Waals surface area contributed by atoms with Crippen LogP contribution in [0.15, 0.2) is 36.0 Å². The highest BCUT2D eigenvalue weighted by Gasteiger charge is 2.71. The summed E-state index contributed by atoms with van der Waals surface area (Å²) in [6, 6.07) is 0. The molecule has 1 aliphatic rings. The van der Waals surface area contributed by atoms with Crippen LogP contribution in [0.3, 0.4) is 0 Å². The van der Waals surface area contributed by atoms with Crippen molar-refractivity contribution in [3.8, 4) is 0 Å². The lowest BCUT2D eigenvalue weighted by Gasteiger charge is -2.40. The molecule has 0 saturated carbocycles. The molecule has 0 spiro atoms. The van der Waals surface area contributed by atoms with Crippen molar-refractivity contribution in [3.63, 3.8) is 0 Å². The molecule has 12 nitrogen and oxygen atoms in total. The maximum absolute atomic E-state index is 13.4. The smallest absolute Gasteiger partial charge is 0.329 e. The molecule has 0 N–H and O–H groups in total. The van der Waals surface area contributed by atoms with Gasteiger partial charge in [0.15, 0.2) is 10.8 Å². The molecule has 0 amide bonds. The van der Waals surface area contributed by atoms with Gasteiger partial charge >= 0.3 is 35.8 Å². The fourth-order valence-corrected chi connectivity index (χ4v) is 4.73. The first-order valence-electron chi connectivity index (χ1n) is 12.0. The Bertz CT molecular complexity index is 1000. The van der Waals surface area contributed by atoms with Gasteiger partial charge < -0.3 is 28.4 Å². The topological polar surface area (TPSA) is 158 Å². The lowest BCUT2D eigenvalue weighted by atomic mass is 9.59. The maximum atomic E-state index is 13.4. The summed E-state index contributed by atoms with van der Waals surface area (Å²) in [7, 11) is 6.28. The molecule has 39 heavy (non-hydrogen) atoms. The van der Waals surface area contributed by atoms with Gasteiger partial charge in [-0.05, 0) is 39.0 Å². The van der Waals surface area contributed by atoms with Crippen LogP contribution in [0.4, 0.5) is 0 Å². The molecule has 0 aromatic carbocycles. The number of hydrogen-bond acceptors (Lipinski definition) is 12. The molecule has 216 valence electrons. The summed E-state index contributed by atoms with van der Waals surface area (Å²) >= 11 is 0. The molecule has 1 rings (SSSR count). The molecule has 0 saturated heterocycles. The number of allylic oxidation sites excluding steroid dienone is 5.